The van der Waals surface area contributed by atoms with Crippen LogP contribution in [0.5, 0.6) is 5.88 Å². The van der Waals surface area contributed by atoms with E-state index in [2.05, 4.69) is 30.7 Å². The number of amides is 2. The second-order valence-corrected chi connectivity index (χ2v) is 15.9. The van der Waals surface area contributed by atoms with Crippen molar-refractivity contribution in [3.05, 3.63) is 65.7 Å². The van der Waals surface area contributed by atoms with Gasteiger partial charge in [0.05, 0.1) is 28.0 Å². The van der Waals surface area contributed by atoms with Crippen LogP contribution in [0.4, 0.5) is 10.8 Å². The SMILES string of the molecule is CN(C)CCCOc1ccc2nc(NC(=O)/C(=N/Nc3ccc4c(c3)C(=O)NS4(=O)=O)c3ccc(S(O)(O)C4CC4)cc3)sc2n1. The number of hydrogen-bond acceptors (Lipinski definition) is 13. The van der Waals surface area contributed by atoms with Crippen LogP contribution in [-0.4, -0.2) is 82.4 Å². The average Bonchev–Trinajstić information content (AvgIpc) is 3.76. The Kier molecular flexibility index (Phi) is 8.70. The number of fused-ring (bicyclic) bond motifs is 2. The van der Waals surface area contributed by atoms with Gasteiger partial charge in [0.1, 0.15) is 15.2 Å². The van der Waals surface area contributed by atoms with Crippen molar-refractivity contribution in [2.75, 3.05) is 38.0 Å². The molecule has 1 saturated carbocycles. The fourth-order valence-corrected chi connectivity index (χ4v) is 8.35. The number of sulfonamides is 1. The van der Waals surface area contributed by atoms with E-state index >= 15 is 0 Å². The van der Waals surface area contributed by atoms with Gasteiger partial charge in [-0.1, -0.05) is 23.5 Å². The first kappa shape index (κ1) is 31.8. The zero-order valence-electron chi connectivity index (χ0n) is 24.8. The predicted octanol–water partition coefficient (Wildman–Crippen LogP) is 4.18. The molecule has 1 aliphatic heterocycles. The largest absolute Gasteiger partial charge is 0.478 e. The normalized spacial score (nSPS) is 16.3. The number of benzene rings is 2. The van der Waals surface area contributed by atoms with Crippen molar-refractivity contribution in [3.8, 4) is 5.88 Å². The number of nitrogens with zero attached hydrogens (tertiary/aromatic N) is 4. The van der Waals surface area contributed by atoms with Crippen LogP contribution in [0.15, 0.2) is 69.5 Å². The first-order chi connectivity index (χ1) is 21.9. The highest BCUT2D eigenvalue weighted by Gasteiger charge is 2.37. The summed E-state index contributed by atoms with van der Waals surface area (Å²) in [6.07, 6.45) is 2.32. The molecule has 6 rings (SSSR count). The Morgan fingerprint density at radius 3 is 2.61 bits per heavy atom. The summed E-state index contributed by atoms with van der Waals surface area (Å²) in [6.45, 7) is 1.39. The van der Waals surface area contributed by atoms with Gasteiger partial charge in [-0.15, -0.1) is 0 Å². The lowest BCUT2D eigenvalue weighted by molar-refractivity contribution is -0.110. The van der Waals surface area contributed by atoms with E-state index in [0.717, 1.165) is 37.1 Å². The van der Waals surface area contributed by atoms with Crippen LogP contribution in [0.1, 0.15) is 35.2 Å². The van der Waals surface area contributed by atoms with Gasteiger partial charge in [0.25, 0.3) is 21.8 Å². The Hall–Kier alpha value is -4.13. The molecular weight excluding hydrogens is 655 g/mol. The summed E-state index contributed by atoms with van der Waals surface area (Å²) in [5.41, 5.74) is 3.79. The number of aromatic nitrogens is 2. The van der Waals surface area contributed by atoms with Crippen molar-refractivity contribution in [3.63, 3.8) is 0 Å². The van der Waals surface area contributed by atoms with Crippen molar-refractivity contribution >= 4 is 70.6 Å². The molecule has 0 saturated heterocycles. The molecule has 1 aliphatic carbocycles. The first-order valence-corrected chi connectivity index (χ1v) is 18.1. The van der Waals surface area contributed by atoms with Gasteiger partial charge in [0, 0.05) is 18.2 Å². The molecule has 3 heterocycles. The summed E-state index contributed by atoms with van der Waals surface area (Å²) in [7, 11) is -2.89. The molecule has 5 N–H and O–H groups in total. The molecule has 4 aromatic rings. The summed E-state index contributed by atoms with van der Waals surface area (Å²) in [5, 5.41) is 7.15. The zero-order chi connectivity index (χ0) is 32.6. The Balaban J connectivity index is 1.25. The Labute approximate surface area is 270 Å². The van der Waals surface area contributed by atoms with Crippen molar-refractivity contribution in [2.45, 2.75) is 34.3 Å². The van der Waals surface area contributed by atoms with Gasteiger partial charge in [-0.25, -0.2) is 23.1 Å². The van der Waals surface area contributed by atoms with Crippen LogP contribution < -0.4 is 20.2 Å². The van der Waals surface area contributed by atoms with E-state index in [4.69, 9.17) is 4.74 Å². The van der Waals surface area contributed by atoms with Crippen molar-refractivity contribution in [1.29, 1.82) is 0 Å². The fraction of sp³-hybridized carbons (Fsp3) is 0.276. The molecule has 0 atom stereocenters. The first-order valence-electron chi connectivity index (χ1n) is 14.2. The summed E-state index contributed by atoms with van der Waals surface area (Å²) in [6, 6.07) is 13.7. The second-order valence-electron chi connectivity index (χ2n) is 11.0. The molecule has 2 aliphatic rings. The number of hydrogen-bond donors (Lipinski definition) is 5. The maximum Gasteiger partial charge on any atom is 0.278 e. The van der Waals surface area contributed by atoms with Gasteiger partial charge < -0.3 is 9.64 Å². The molecular formula is C29H31N7O7S3. The highest BCUT2D eigenvalue weighted by Crippen LogP contribution is 2.61. The minimum absolute atomic E-state index is 0.0520. The van der Waals surface area contributed by atoms with Crippen LogP contribution in [-0.2, 0) is 14.8 Å². The van der Waals surface area contributed by atoms with Gasteiger partial charge in [-0.2, -0.15) is 15.7 Å². The minimum Gasteiger partial charge on any atom is -0.478 e. The van der Waals surface area contributed by atoms with E-state index in [1.54, 1.807) is 36.4 Å². The number of rotatable bonds is 12. The van der Waals surface area contributed by atoms with Crippen LogP contribution in [0.25, 0.3) is 10.3 Å². The topological polar surface area (TPSA) is 195 Å². The number of pyridine rings is 1. The number of anilines is 2. The molecule has 2 aromatic heterocycles. The monoisotopic (exact) mass is 685 g/mol. The summed E-state index contributed by atoms with van der Waals surface area (Å²) >= 11 is 1.16. The van der Waals surface area contributed by atoms with Crippen molar-refractivity contribution in [2.24, 2.45) is 5.10 Å². The summed E-state index contributed by atoms with van der Waals surface area (Å²) in [5.74, 6) is -0.945. The molecule has 1 fully saturated rings. The van der Waals surface area contributed by atoms with E-state index in [0.29, 0.717) is 33.3 Å². The van der Waals surface area contributed by atoms with E-state index in [-0.39, 0.29) is 32.2 Å². The number of carbonyl (C=O) groups excluding carboxylic acids is 2. The Bertz CT molecular complexity index is 1960. The van der Waals surface area contributed by atoms with E-state index < -0.39 is 32.4 Å². The third-order valence-electron chi connectivity index (χ3n) is 7.17. The van der Waals surface area contributed by atoms with E-state index in [9.17, 15) is 27.1 Å². The Morgan fingerprint density at radius 2 is 1.89 bits per heavy atom. The van der Waals surface area contributed by atoms with Crippen LogP contribution >= 0.6 is 21.9 Å². The lowest BCUT2D eigenvalue weighted by atomic mass is 10.1. The highest BCUT2D eigenvalue weighted by atomic mass is 32.3. The molecule has 2 amide bonds. The quantitative estimate of drug-likeness (QED) is 0.0815. The molecule has 242 valence electrons. The summed E-state index contributed by atoms with van der Waals surface area (Å²) < 4.78 is 53.2. The average molecular weight is 686 g/mol. The van der Waals surface area contributed by atoms with Gasteiger partial charge in [-0.3, -0.25) is 29.4 Å². The van der Waals surface area contributed by atoms with Crippen LogP contribution in [0, 0.1) is 0 Å². The standard InChI is InChI=1S/C29H31N7O7S3/c1-36(2)14-3-15-43-24-13-11-22-28(31-24)44-29(30-22)32-27(38)25(17-4-7-19(8-5-17)45(39,40)20-9-10-20)34-33-18-6-12-23-21(16-18)26(37)35-46(23,41)42/h4-8,11-13,16,20,33,39-40H,3,9-10,14-15H2,1-2H3,(H,35,37)(H,30,32,38)/b34-25+. The van der Waals surface area contributed by atoms with Crippen molar-refractivity contribution in [1.82, 2.24) is 19.6 Å². The predicted molar refractivity (Wildman–Crippen MR) is 177 cm³/mol. The maximum absolute atomic E-state index is 13.6. The fourth-order valence-electron chi connectivity index (χ4n) is 4.66. The number of ether oxygens (including phenoxy) is 1. The van der Waals surface area contributed by atoms with Gasteiger partial charge in [0.15, 0.2) is 10.8 Å². The number of hydrazone groups is 1. The zero-order valence-corrected chi connectivity index (χ0v) is 27.2. The number of carbonyl (C=O) groups is 2. The molecule has 0 radical (unpaired) electrons. The molecule has 0 bridgehead atoms. The molecule has 14 nitrogen and oxygen atoms in total. The van der Waals surface area contributed by atoms with E-state index in [1.807, 2.05) is 18.8 Å². The highest BCUT2D eigenvalue weighted by molar-refractivity contribution is 8.25. The minimum atomic E-state index is -3.92. The Morgan fingerprint density at radius 1 is 1.13 bits per heavy atom. The van der Waals surface area contributed by atoms with Gasteiger partial charge in [0.2, 0.25) is 5.88 Å². The van der Waals surface area contributed by atoms with Crippen molar-refractivity contribution < 1.29 is 31.8 Å². The smallest absolute Gasteiger partial charge is 0.278 e. The van der Waals surface area contributed by atoms with Gasteiger partial charge >= 0.3 is 0 Å². The van der Waals surface area contributed by atoms with Gasteiger partial charge in [-0.05, 0) is 69.8 Å². The molecule has 46 heavy (non-hydrogen) atoms. The molecule has 17 heteroatoms. The summed E-state index contributed by atoms with van der Waals surface area (Å²) in [4.78, 5) is 37.6. The maximum atomic E-state index is 13.6. The second kappa shape index (κ2) is 12.6. The molecule has 0 spiro atoms. The van der Waals surface area contributed by atoms with Crippen LogP contribution in [0.3, 0.4) is 0 Å². The van der Waals surface area contributed by atoms with Crippen LogP contribution in [0.2, 0.25) is 0 Å². The molecule has 2 aromatic carbocycles. The van der Waals surface area contributed by atoms with E-state index in [1.165, 1.54) is 18.2 Å². The number of thiazole rings is 1. The lowest BCUT2D eigenvalue weighted by Gasteiger charge is -2.32. The molecule has 0 unspecified atom stereocenters. The lowest BCUT2D eigenvalue weighted by Crippen LogP contribution is -2.25. The third kappa shape index (κ3) is 6.84. The third-order valence-corrected chi connectivity index (χ3v) is 11.8. The number of nitrogens with one attached hydrogen (secondary N) is 3.